The third-order valence-corrected chi connectivity index (χ3v) is 4.21. The molecule has 2 aromatic rings. The standard InChI is InChI=1S/C14H15N3O2S/c1-9-15-14(19-17-9)16-13(18)8-20-12-6-5-10-3-2-4-11(10)7-12/h5-7H,2-4,8H2,1H3,(H,15,16,17,18). The third-order valence-electron chi connectivity index (χ3n) is 3.21. The first-order valence-electron chi connectivity index (χ1n) is 6.55. The molecule has 1 heterocycles. The predicted octanol–water partition coefficient (Wildman–Crippen LogP) is 2.60. The Morgan fingerprint density at radius 3 is 3.05 bits per heavy atom. The van der Waals surface area contributed by atoms with Gasteiger partial charge in [0.05, 0.1) is 5.75 Å². The molecule has 0 bridgehead atoms. The average Bonchev–Trinajstić information content (AvgIpc) is 3.04. The van der Waals surface area contributed by atoms with E-state index in [9.17, 15) is 4.79 Å². The molecule has 20 heavy (non-hydrogen) atoms. The Balaban J connectivity index is 1.55. The summed E-state index contributed by atoms with van der Waals surface area (Å²) in [6.07, 6.45) is 3.56. The summed E-state index contributed by atoms with van der Waals surface area (Å²) in [6, 6.07) is 6.60. The molecule has 0 saturated heterocycles. The Kier molecular flexibility index (Phi) is 3.73. The van der Waals surface area contributed by atoms with Crippen molar-refractivity contribution >= 4 is 23.7 Å². The number of carbonyl (C=O) groups is 1. The lowest BCUT2D eigenvalue weighted by Gasteiger charge is -2.04. The molecule has 3 rings (SSSR count). The molecule has 0 radical (unpaired) electrons. The zero-order chi connectivity index (χ0) is 13.9. The van der Waals surface area contributed by atoms with Crippen molar-refractivity contribution in [3.63, 3.8) is 0 Å². The van der Waals surface area contributed by atoms with Crippen molar-refractivity contribution in [3.05, 3.63) is 35.2 Å². The van der Waals surface area contributed by atoms with Crippen LogP contribution in [0.25, 0.3) is 0 Å². The molecule has 0 spiro atoms. The average molecular weight is 289 g/mol. The molecular formula is C14H15N3O2S. The molecule has 104 valence electrons. The van der Waals surface area contributed by atoms with E-state index in [0.29, 0.717) is 11.6 Å². The second-order valence-corrected chi connectivity index (χ2v) is 5.82. The number of thioether (sulfide) groups is 1. The maximum absolute atomic E-state index is 11.8. The summed E-state index contributed by atoms with van der Waals surface area (Å²) in [7, 11) is 0. The first-order valence-corrected chi connectivity index (χ1v) is 7.54. The van der Waals surface area contributed by atoms with Crippen molar-refractivity contribution in [2.75, 3.05) is 11.1 Å². The number of amides is 1. The summed E-state index contributed by atoms with van der Waals surface area (Å²) >= 11 is 1.52. The van der Waals surface area contributed by atoms with Gasteiger partial charge in [-0.15, -0.1) is 11.8 Å². The van der Waals surface area contributed by atoms with Crippen LogP contribution in [0.3, 0.4) is 0 Å². The molecule has 1 amide bonds. The highest BCUT2D eigenvalue weighted by Crippen LogP contribution is 2.27. The number of carbonyl (C=O) groups excluding carboxylic acids is 1. The SMILES string of the molecule is Cc1noc(NC(=O)CSc2ccc3c(c2)CCC3)n1. The van der Waals surface area contributed by atoms with Crippen LogP contribution in [-0.4, -0.2) is 21.8 Å². The Bertz CT molecular complexity index is 639. The minimum atomic E-state index is -0.140. The van der Waals surface area contributed by atoms with Crippen LogP contribution in [0.2, 0.25) is 0 Å². The lowest BCUT2D eigenvalue weighted by atomic mass is 10.1. The van der Waals surface area contributed by atoms with Gasteiger partial charge in [0, 0.05) is 4.90 Å². The van der Waals surface area contributed by atoms with Gasteiger partial charge >= 0.3 is 6.01 Å². The number of aromatic nitrogens is 2. The molecule has 1 aliphatic carbocycles. The first-order chi connectivity index (χ1) is 9.70. The van der Waals surface area contributed by atoms with Gasteiger partial charge in [-0.05, 0) is 49.4 Å². The molecule has 5 nitrogen and oxygen atoms in total. The van der Waals surface area contributed by atoms with Gasteiger partial charge < -0.3 is 4.52 Å². The lowest BCUT2D eigenvalue weighted by molar-refractivity contribution is -0.114. The number of aryl methyl sites for hydroxylation is 3. The summed E-state index contributed by atoms with van der Waals surface area (Å²) in [5.41, 5.74) is 2.86. The fourth-order valence-corrected chi connectivity index (χ4v) is 3.05. The maximum atomic E-state index is 11.8. The number of benzene rings is 1. The Morgan fingerprint density at radius 2 is 2.25 bits per heavy atom. The van der Waals surface area contributed by atoms with E-state index in [4.69, 9.17) is 4.52 Å². The van der Waals surface area contributed by atoms with Crippen molar-refractivity contribution in [1.82, 2.24) is 10.1 Å². The Hall–Kier alpha value is -1.82. The van der Waals surface area contributed by atoms with Crippen molar-refractivity contribution in [2.24, 2.45) is 0 Å². The monoisotopic (exact) mass is 289 g/mol. The van der Waals surface area contributed by atoms with E-state index in [1.54, 1.807) is 6.92 Å². The summed E-state index contributed by atoms with van der Waals surface area (Å²) in [4.78, 5) is 16.8. The molecule has 1 aromatic heterocycles. The highest BCUT2D eigenvalue weighted by Gasteiger charge is 2.12. The van der Waals surface area contributed by atoms with E-state index in [1.807, 2.05) is 0 Å². The number of hydrogen-bond acceptors (Lipinski definition) is 5. The van der Waals surface area contributed by atoms with E-state index in [1.165, 1.54) is 35.7 Å². The molecule has 1 N–H and O–H groups in total. The minimum absolute atomic E-state index is 0.140. The Labute approximate surface area is 121 Å². The zero-order valence-electron chi connectivity index (χ0n) is 11.2. The second kappa shape index (κ2) is 5.66. The van der Waals surface area contributed by atoms with Gasteiger partial charge in [-0.2, -0.15) is 4.98 Å². The highest BCUT2D eigenvalue weighted by atomic mass is 32.2. The predicted molar refractivity (Wildman–Crippen MR) is 76.9 cm³/mol. The van der Waals surface area contributed by atoms with Crippen LogP contribution in [0.5, 0.6) is 0 Å². The van der Waals surface area contributed by atoms with Gasteiger partial charge in [0.1, 0.15) is 0 Å². The van der Waals surface area contributed by atoms with Gasteiger partial charge in [0.25, 0.3) is 0 Å². The Morgan fingerprint density at radius 1 is 1.40 bits per heavy atom. The van der Waals surface area contributed by atoms with Crippen LogP contribution in [-0.2, 0) is 17.6 Å². The van der Waals surface area contributed by atoms with Crippen molar-refractivity contribution in [2.45, 2.75) is 31.1 Å². The van der Waals surface area contributed by atoms with Crippen molar-refractivity contribution in [1.29, 1.82) is 0 Å². The van der Waals surface area contributed by atoms with Gasteiger partial charge in [-0.3, -0.25) is 10.1 Å². The molecule has 0 aliphatic heterocycles. The smallest absolute Gasteiger partial charge is 0.315 e. The molecular weight excluding hydrogens is 274 g/mol. The minimum Gasteiger partial charge on any atom is -0.315 e. The van der Waals surface area contributed by atoms with Crippen molar-refractivity contribution in [3.8, 4) is 0 Å². The quantitative estimate of drug-likeness (QED) is 0.876. The molecule has 1 aromatic carbocycles. The van der Waals surface area contributed by atoms with Gasteiger partial charge in [-0.25, -0.2) is 0 Å². The normalized spacial score (nSPS) is 13.2. The third kappa shape index (κ3) is 3.01. The molecule has 6 heteroatoms. The van der Waals surface area contributed by atoms with Gasteiger partial charge in [-0.1, -0.05) is 11.2 Å². The van der Waals surface area contributed by atoms with Crippen LogP contribution in [0.4, 0.5) is 6.01 Å². The van der Waals surface area contributed by atoms with E-state index in [0.717, 1.165) is 11.3 Å². The summed E-state index contributed by atoms with van der Waals surface area (Å²) in [5.74, 6) is 0.700. The van der Waals surface area contributed by atoms with E-state index < -0.39 is 0 Å². The number of nitrogens with one attached hydrogen (secondary N) is 1. The van der Waals surface area contributed by atoms with Crippen LogP contribution in [0, 0.1) is 6.92 Å². The van der Waals surface area contributed by atoms with E-state index >= 15 is 0 Å². The second-order valence-electron chi connectivity index (χ2n) is 4.77. The summed E-state index contributed by atoms with van der Waals surface area (Å²) in [5, 5.41) is 6.20. The van der Waals surface area contributed by atoms with E-state index in [-0.39, 0.29) is 11.9 Å². The largest absolute Gasteiger partial charge is 0.328 e. The van der Waals surface area contributed by atoms with Crippen LogP contribution in [0.1, 0.15) is 23.4 Å². The first kappa shape index (κ1) is 13.2. The van der Waals surface area contributed by atoms with Crippen LogP contribution >= 0.6 is 11.8 Å². The molecule has 0 atom stereocenters. The molecule has 0 unspecified atom stereocenters. The fourth-order valence-electron chi connectivity index (χ4n) is 2.29. The number of hydrogen-bond donors (Lipinski definition) is 1. The number of nitrogens with zero attached hydrogens (tertiary/aromatic N) is 2. The molecule has 1 aliphatic rings. The summed E-state index contributed by atoms with van der Waals surface area (Å²) < 4.78 is 4.85. The lowest BCUT2D eigenvalue weighted by Crippen LogP contribution is -2.14. The van der Waals surface area contributed by atoms with Gasteiger partial charge in [0.15, 0.2) is 5.82 Å². The fraction of sp³-hybridized carbons (Fsp3) is 0.357. The maximum Gasteiger partial charge on any atom is 0.328 e. The van der Waals surface area contributed by atoms with Gasteiger partial charge in [0.2, 0.25) is 5.91 Å². The number of fused-ring (bicyclic) bond motifs is 1. The molecule has 0 fully saturated rings. The molecule has 0 saturated carbocycles. The highest BCUT2D eigenvalue weighted by molar-refractivity contribution is 8.00. The number of rotatable bonds is 4. The zero-order valence-corrected chi connectivity index (χ0v) is 12.0. The number of anilines is 1. The summed E-state index contributed by atoms with van der Waals surface area (Å²) in [6.45, 7) is 1.71. The topological polar surface area (TPSA) is 68.0 Å². The van der Waals surface area contributed by atoms with Crippen LogP contribution in [0.15, 0.2) is 27.6 Å². The van der Waals surface area contributed by atoms with E-state index in [2.05, 4.69) is 33.7 Å². The van der Waals surface area contributed by atoms with Crippen molar-refractivity contribution < 1.29 is 9.32 Å². The van der Waals surface area contributed by atoms with Crippen LogP contribution < -0.4 is 5.32 Å².